The topological polar surface area (TPSA) is 97.0 Å². The Labute approximate surface area is 131 Å². The summed E-state index contributed by atoms with van der Waals surface area (Å²) >= 11 is 0. The van der Waals surface area contributed by atoms with Crippen molar-refractivity contribution in [2.45, 2.75) is 25.7 Å². The predicted octanol–water partition coefficient (Wildman–Crippen LogP) is 2.37. The first-order chi connectivity index (χ1) is 10.4. The second-order valence-electron chi connectivity index (χ2n) is 4.49. The lowest BCUT2D eigenvalue weighted by Gasteiger charge is -2.19. The van der Waals surface area contributed by atoms with Crippen LogP contribution in [0, 0.1) is 29.6 Å². The first-order valence-corrected chi connectivity index (χ1v) is 8.22. The fourth-order valence-electron chi connectivity index (χ4n) is 1.87. The fraction of sp³-hybridized carbons (Fsp3) is 0.333. The molecule has 0 aliphatic carbocycles. The molecule has 0 unspecified atom stereocenters. The lowest BCUT2D eigenvalue weighted by Crippen LogP contribution is -2.30. The van der Waals surface area contributed by atoms with Crippen LogP contribution in [0.2, 0.25) is 0 Å². The van der Waals surface area contributed by atoms with Crippen LogP contribution in [0.1, 0.15) is 19.4 Å². The maximum absolute atomic E-state index is 12.5. The van der Waals surface area contributed by atoms with E-state index < -0.39 is 10.0 Å². The summed E-state index contributed by atoms with van der Waals surface area (Å²) in [6.45, 7) is 6.15. The number of hydrogen-bond donors (Lipinski definition) is 1. The molecule has 0 aliphatic rings. The number of benzene rings is 1. The highest BCUT2D eigenvalue weighted by molar-refractivity contribution is 7.89. The Bertz CT molecular complexity index is 735. The molecular formula is C15H18N4O2S. The molecule has 0 saturated heterocycles. The number of hydrogen-bond acceptors (Lipinski definition) is 5. The largest absolute Gasteiger partial charge is 0.360 e. The van der Waals surface area contributed by atoms with Crippen molar-refractivity contribution in [1.29, 1.82) is 10.5 Å². The van der Waals surface area contributed by atoms with E-state index in [2.05, 4.69) is 5.32 Å². The van der Waals surface area contributed by atoms with Crippen LogP contribution in [0.4, 0.5) is 5.69 Å². The van der Waals surface area contributed by atoms with E-state index in [-0.39, 0.29) is 10.5 Å². The highest BCUT2D eigenvalue weighted by Gasteiger charge is 2.22. The quantitative estimate of drug-likeness (QED) is 0.812. The van der Waals surface area contributed by atoms with Crippen molar-refractivity contribution in [3.63, 3.8) is 0 Å². The van der Waals surface area contributed by atoms with Gasteiger partial charge in [-0.15, -0.1) is 0 Å². The van der Waals surface area contributed by atoms with E-state index in [0.29, 0.717) is 18.8 Å². The van der Waals surface area contributed by atoms with Gasteiger partial charge in [-0.3, -0.25) is 0 Å². The number of anilines is 1. The van der Waals surface area contributed by atoms with Crippen LogP contribution >= 0.6 is 0 Å². The predicted molar refractivity (Wildman–Crippen MR) is 84.2 cm³/mol. The smallest absolute Gasteiger partial charge is 0.243 e. The van der Waals surface area contributed by atoms with Crippen LogP contribution in [0.15, 0.2) is 34.9 Å². The molecule has 0 saturated carbocycles. The van der Waals surface area contributed by atoms with Gasteiger partial charge in [-0.2, -0.15) is 14.8 Å². The van der Waals surface area contributed by atoms with Crippen molar-refractivity contribution in [3.05, 3.63) is 35.5 Å². The maximum Gasteiger partial charge on any atom is 0.243 e. The number of aryl methyl sites for hydroxylation is 1. The normalized spacial score (nSPS) is 10.6. The fourth-order valence-corrected chi connectivity index (χ4v) is 3.35. The minimum atomic E-state index is -3.55. The monoisotopic (exact) mass is 318 g/mol. The summed E-state index contributed by atoms with van der Waals surface area (Å²) in [6, 6.07) is 8.21. The molecule has 1 rings (SSSR count). The first kappa shape index (κ1) is 17.7. The molecule has 116 valence electrons. The minimum absolute atomic E-state index is 0.0867. The van der Waals surface area contributed by atoms with E-state index in [1.807, 2.05) is 6.92 Å². The summed E-state index contributed by atoms with van der Waals surface area (Å²) in [5.74, 6) is 0. The van der Waals surface area contributed by atoms with Crippen molar-refractivity contribution in [2.75, 3.05) is 18.4 Å². The zero-order valence-corrected chi connectivity index (χ0v) is 13.6. The van der Waals surface area contributed by atoms with Gasteiger partial charge in [0.25, 0.3) is 0 Å². The summed E-state index contributed by atoms with van der Waals surface area (Å²) in [4.78, 5) is 0.174. The summed E-state index contributed by atoms with van der Waals surface area (Å²) in [6.07, 6.45) is 1.26. The van der Waals surface area contributed by atoms with Crippen molar-refractivity contribution < 1.29 is 8.42 Å². The number of nitrogens with zero attached hydrogens (tertiary/aromatic N) is 3. The third-order valence-corrected chi connectivity index (χ3v) is 5.21. The Kier molecular flexibility index (Phi) is 6.11. The standard InChI is InChI=1S/C15H18N4O2S/c1-4-19(5-2)22(20,21)14-7-6-12(3)15(8-14)18-11-13(9-16)10-17/h6-8,11,18H,4-5H2,1-3H3. The first-order valence-electron chi connectivity index (χ1n) is 6.78. The zero-order chi connectivity index (χ0) is 16.8. The lowest BCUT2D eigenvalue weighted by molar-refractivity contribution is 0.445. The molecule has 7 heteroatoms. The Morgan fingerprint density at radius 2 is 1.86 bits per heavy atom. The molecule has 0 fully saturated rings. The molecule has 0 heterocycles. The van der Waals surface area contributed by atoms with Crippen molar-refractivity contribution in [1.82, 2.24) is 4.31 Å². The minimum Gasteiger partial charge on any atom is -0.360 e. The molecule has 0 bridgehead atoms. The summed E-state index contributed by atoms with van der Waals surface area (Å²) in [7, 11) is -3.55. The van der Waals surface area contributed by atoms with Gasteiger partial charge in [-0.25, -0.2) is 8.42 Å². The van der Waals surface area contributed by atoms with Crippen molar-refractivity contribution >= 4 is 15.7 Å². The van der Waals surface area contributed by atoms with Crippen molar-refractivity contribution in [2.24, 2.45) is 0 Å². The van der Waals surface area contributed by atoms with Crippen LogP contribution in [-0.4, -0.2) is 25.8 Å². The number of nitriles is 2. The Morgan fingerprint density at radius 1 is 1.27 bits per heavy atom. The van der Waals surface area contributed by atoms with Gasteiger partial charge in [-0.1, -0.05) is 19.9 Å². The molecular weight excluding hydrogens is 300 g/mol. The average molecular weight is 318 g/mol. The second-order valence-corrected chi connectivity index (χ2v) is 6.43. The molecule has 0 aliphatic heterocycles. The van der Waals surface area contributed by atoms with E-state index in [1.165, 1.54) is 16.6 Å². The molecule has 0 amide bonds. The molecule has 0 radical (unpaired) electrons. The van der Waals surface area contributed by atoms with Gasteiger partial charge in [0.2, 0.25) is 10.0 Å². The van der Waals surface area contributed by atoms with Gasteiger partial charge in [0.1, 0.15) is 17.7 Å². The van der Waals surface area contributed by atoms with Gasteiger partial charge in [0, 0.05) is 25.0 Å². The van der Waals surface area contributed by atoms with E-state index in [9.17, 15) is 8.42 Å². The molecule has 6 nitrogen and oxygen atoms in total. The van der Waals surface area contributed by atoms with Gasteiger partial charge >= 0.3 is 0 Å². The maximum atomic E-state index is 12.5. The second kappa shape index (κ2) is 7.60. The molecule has 0 atom stereocenters. The summed E-state index contributed by atoms with van der Waals surface area (Å²) in [5.41, 5.74) is 1.26. The highest BCUT2D eigenvalue weighted by atomic mass is 32.2. The zero-order valence-electron chi connectivity index (χ0n) is 12.8. The van der Waals surface area contributed by atoms with Gasteiger partial charge < -0.3 is 5.32 Å². The van der Waals surface area contributed by atoms with Crippen LogP contribution in [0.25, 0.3) is 0 Å². The van der Waals surface area contributed by atoms with E-state index >= 15 is 0 Å². The van der Waals surface area contributed by atoms with Gasteiger partial charge in [-0.05, 0) is 24.6 Å². The molecule has 1 N–H and O–H groups in total. The van der Waals surface area contributed by atoms with Gasteiger partial charge in [0.05, 0.1) is 4.90 Å². The highest BCUT2D eigenvalue weighted by Crippen LogP contribution is 2.23. The lowest BCUT2D eigenvalue weighted by atomic mass is 10.2. The third-order valence-electron chi connectivity index (χ3n) is 3.17. The Hall–Kier alpha value is -2.35. The number of allylic oxidation sites excluding steroid dienone is 1. The van der Waals surface area contributed by atoms with Crippen LogP contribution < -0.4 is 5.32 Å². The van der Waals surface area contributed by atoms with Crippen LogP contribution in [-0.2, 0) is 10.0 Å². The molecule has 1 aromatic rings. The van der Waals surface area contributed by atoms with Crippen LogP contribution in [0.5, 0.6) is 0 Å². The number of rotatable bonds is 6. The number of nitrogens with one attached hydrogen (secondary N) is 1. The molecule has 22 heavy (non-hydrogen) atoms. The van der Waals surface area contributed by atoms with Gasteiger partial charge in [0.15, 0.2) is 0 Å². The molecule has 1 aromatic carbocycles. The molecule has 0 spiro atoms. The Balaban J connectivity index is 3.24. The SMILES string of the molecule is CCN(CC)S(=O)(=O)c1ccc(C)c(NC=C(C#N)C#N)c1. The van der Waals surface area contributed by atoms with E-state index in [1.54, 1.807) is 38.1 Å². The average Bonchev–Trinajstić information content (AvgIpc) is 2.50. The number of sulfonamides is 1. The molecule has 0 aromatic heterocycles. The van der Waals surface area contributed by atoms with E-state index in [0.717, 1.165) is 5.56 Å². The van der Waals surface area contributed by atoms with Crippen molar-refractivity contribution in [3.8, 4) is 12.1 Å². The summed E-state index contributed by atoms with van der Waals surface area (Å²) < 4.78 is 26.3. The third kappa shape index (κ3) is 3.85. The Morgan fingerprint density at radius 3 is 2.36 bits per heavy atom. The summed E-state index contributed by atoms with van der Waals surface area (Å²) in [5, 5.41) is 20.2. The van der Waals surface area contributed by atoms with E-state index in [4.69, 9.17) is 10.5 Å². The van der Waals surface area contributed by atoms with Crippen LogP contribution in [0.3, 0.4) is 0 Å².